The van der Waals surface area contributed by atoms with Crippen LogP contribution < -0.4 is 16.2 Å². The average Bonchev–Trinajstić information content (AvgIpc) is 3.34. The van der Waals surface area contributed by atoms with E-state index in [0.717, 1.165) is 22.9 Å². The number of nitrogens with one attached hydrogen (secondary N) is 2. The van der Waals surface area contributed by atoms with Gasteiger partial charge >= 0.3 is 6.18 Å². The van der Waals surface area contributed by atoms with Crippen LogP contribution >= 0.6 is 12.4 Å². The van der Waals surface area contributed by atoms with E-state index in [2.05, 4.69) is 15.6 Å². The number of nitriles is 1. The number of carbonyl (C=O) groups excluding carboxylic acids is 1. The van der Waals surface area contributed by atoms with Crippen molar-refractivity contribution in [2.24, 2.45) is 0 Å². The summed E-state index contributed by atoms with van der Waals surface area (Å²) in [5.41, 5.74) is -3.19. The van der Waals surface area contributed by atoms with Crippen molar-refractivity contribution in [3.05, 3.63) is 52.7 Å². The van der Waals surface area contributed by atoms with Crippen molar-refractivity contribution < 1.29 is 26.4 Å². The van der Waals surface area contributed by atoms with Gasteiger partial charge in [0, 0.05) is 24.6 Å². The number of hydrogen-bond donors (Lipinski definition) is 2. The van der Waals surface area contributed by atoms with Crippen molar-refractivity contribution in [3.63, 3.8) is 0 Å². The zero-order chi connectivity index (χ0) is 24.0. The topological polar surface area (TPSA) is 134 Å². The molecule has 4 rings (SSSR count). The van der Waals surface area contributed by atoms with Crippen LogP contribution in [0.5, 0.6) is 0 Å². The zero-order valence-corrected chi connectivity index (χ0v) is 19.0. The Kier molecular flexibility index (Phi) is 6.80. The maximum absolute atomic E-state index is 13.8. The quantitative estimate of drug-likeness (QED) is 0.611. The van der Waals surface area contributed by atoms with Gasteiger partial charge in [-0.2, -0.15) is 18.4 Å². The minimum atomic E-state index is -5.01. The van der Waals surface area contributed by atoms with Crippen LogP contribution in [0.2, 0.25) is 0 Å². The van der Waals surface area contributed by atoms with Gasteiger partial charge in [0.25, 0.3) is 5.56 Å². The summed E-state index contributed by atoms with van der Waals surface area (Å²) < 4.78 is 68.7. The van der Waals surface area contributed by atoms with Crippen LogP contribution in [0, 0.1) is 11.3 Å². The second-order valence-electron chi connectivity index (χ2n) is 8.01. The van der Waals surface area contributed by atoms with Crippen LogP contribution in [0.1, 0.15) is 24.8 Å². The molecule has 1 aliphatic heterocycles. The first-order chi connectivity index (χ1) is 15.5. The van der Waals surface area contributed by atoms with Crippen molar-refractivity contribution >= 4 is 28.2 Å². The molecular formula is C20H19ClF3N5O4S. The first-order valence-corrected chi connectivity index (χ1v) is 11.5. The van der Waals surface area contributed by atoms with E-state index in [9.17, 15) is 31.2 Å². The average molecular weight is 518 g/mol. The van der Waals surface area contributed by atoms with Crippen LogP contribution in [-0.4, -0.2) is 47.3 Å². The van der Waals surface area contributed by atoms with E-state index < -0.39 is 54.8 Å². The number of alkyl halides is 3. The molecular weight excluding hydrogens is 499 g/mol. The smallest absolute Gasteiger partial charge is 0.336 e. The van der Waals surface area contributed by atoms with Gasteiger partial charge in [-0.05, 0) is 37.5 Å². The third kappa shape index (κ3) is 4.79. The molecule has 1 amide bonds. The molecule has 34 heavy (non-hydrogen) atoms. The maximum atomic E-state index is 13.8. The highest BCUT2D eigenvalue weighted by atomic mass is 35.5. The van der Waals surface area contributed by atoms with Gasteiger partial charge in [0.1, 0.15) is 5.54 Å². The predicted molar refractivity (Wildman–Crippen MR) is 115 cm³/mol. The fourth-order valence-electron chi connectivity index (χ4n) is 3.73. The highest BCUT2D eigenvalue weighted by Crippen LogP contribution is 2.38. The van der Waals surface area contributed by atoms with E-state index in [0.29, 0.717) is 18.9 Å². The molecule has 0 radical (unpaired) electrons. The first kappa shape index (κ1) is 25.7. The third-order valence-corrected chi connectivity index (χ3v) is 7.96. The third-order valence-electron chi connectivity index (χ3n) is 5.75. The lowest BCUT2D eigenvalue weighted by Crippen LogP contribution is -2.45. The minimum Gasteiger partial charge on any atom is -0.336 e. The molecule has 1 saturated heterocycles. The molecule has 2 heterocycles. The highest BCUT2D eigenvalue weighted by molar-refractivity contribution is 7.92. The first-order valence-electron chi connectivity index (χ1n) is 9.92. The molecule has 0 bridgehead atoms. The molecule has 182 valence electrons. The number of hydrogen-bond acceptors (Lipinski definition) is 7. The fourth-order valence-corrected chi connectivity index (χ4v) is 5.59. The van der Waals surface area contributed by atoms with E-state index in [-0.39, 0.29) is 31.1 Å². The molecule has 2 atom stereocenters. The molecule has 2 aromatic rings. The summed E-state index contributed by atoms with van der Waals surface area (Å²) >= 11 is 0. The van der Waals surface area contributed by atoms with Gasteiger partial charge in [-0.3, -0.25) is 19.1 Å². The fraction of sp³-hybridized carbons (Fsp3) is 0.400. The predicted octanol–water partition coefficient (Wildman–Crippen LogP) is 1.35. The van der Waals surface area contributed by atoms with Gasteiger partial charge in [-0.15, -0.1) is 12.4 Å². The molecule has 2 aliphatic rings. The number of nitrogens with zero attached hydrogens (tertiary/aromatic N) is 3. The lowest BCUT2D eigenvalue weighted by atomic mass is 10.2. The number of aromatic nitrogens is 2. The van der Waals surface area contributed by atoms with Crippen LogP contribution in [0.3, 0.4) is 0 Å². The Morgan fingerprint density at radius 3 is 2.62 bits per heavy atom. The summed E-state index contributed by atoms with van der Waals surface area (Å²) in [6.07, 6.45) is -0.958. The molecule has 2 fully saturated rings. The van der Waals surface area contributed by atoms with Crippen LogP contribution in [0.25, 0.3) is 5.69 Å². The number of carbonyl (C=O) groups is 1. The molecule has 14 heteroatoms. The maximum Gasteiger partial charge on any atom is 0.417 e. The van der Waals surface area contributed by atoms with E-state index in [1.807, 2.05) is 6.07 Å². The summed E-state index contributed by atoms with van der Waals surface area (Å²) in [5.74, 6) is -0.560. The number of halogens is 4. The summed E-state index contributed by atoms with van der Waals surface area (Å²) in [4.78, 5) is 27.0. The lowest BCUT2D eigenvalue weighted by molar-refractivity contribution is -0.139. The number of sulfone groups is 1. The molecule has 0 spiro atoms. The Hall–Kier alpha value is -2.95. The van der Waals surface area contributed by atoms with E-state index >= 15 is 0 Å². The monoisotopic (exact) mass is 517 g/mol. The second-order valence-corrected chi connectivity index (χ2v) is 10.2. The van der Waals surface area contributed by atoms with Crippen molar-refractivity contribution in [2.75, 3.05) is 6.54 Å². The SMILES string of the molecule is Cl.N#CC1(NC(=O)[C@@H]2C[C@@H](S(=O)(=O)c3ccc(-n4ccncc4=O)cc3C(F)(F)F)CN2)CC1. The number of rotatable bonds is 5. The summed E-state index contributed by atoms with van der Waals surface area (Å²) in [5, 5.41) is 13.1. The molecule has 1 aliphatic carbocycles. The Balaban J connectivity index is 0.00000324. The van der Waals surface area contributed by atoms with Gasteiger partial charge in [0.2, 0.25) is 5.91 Å². The standard InChI is InChI=1S/C20H18F3N5O4S.ClH/c21-20(22,23)14-7-12(28-6-5-25-10-17(28)29)1-2-16(14)33(31,32)13-8-15(26-9-13)18(30)27-19(11-24)3-4-19;/h1-2,5-7,10,13,15,26H,3-4,8-9H2,(H,27,30);1H/t13-,15+;/m1./s1. The second kappa shape index (κ2) is 9.01. The van der Waals surface area contributed by atoms with Crippen molar-refractivity contribution in [3.8, 4) is 11.8 Å². The minimum absolute atomic E-state index is 0. The van der Waals surface area contributed by atoms with Gasteiger partial charge in [-0.1, -0.05) is 0 Å². The number of benzene rings is 1. The van der Waals surface area contributed by atoms with Crippen molar-refractivity contribution in [2.45, 2.75) is 47.2 Å². The van der Waals surface area contributed by atoms with Gasteiger partial charge < -0.3 is 10.6 Å². The largest absolute Gasteiger partial charge is 0.417 e. The van der Waals surface area contributed by atoms with Crippen molar-refractivity contribution in [1.82, 2.24) is 20.2 Å². The highest BCUT2D eigenvalue weighted by Gasteiger charge is 2.48. The lowest BCUT2D eigenvalue weighted by Gasteiger charge is -2.18. The molecule has 2 N–H and O–H groups in total. The van der Waals surface area contributed by atoms with Gasteiger partial charge in [0.05, 0.1) is 34.0 Å². The Morgan fingerprint density at radius 2 is 2.03 bits per heavy atom. The van der Waals surface area contributed by atoms with E-state index in [1.165, 1.54) is 12.4 Å². The van der Waals surface area contributed by atoms with Crippen LogP contribution in [0.4, 0.5) is 13.2 Å². The summed E-state index contributed by atoms with van der Waals surface area (Å²) in [6.45, 7) is -0.219. The summed E-state index contributed by atoms with van der Waals surface area (Å²) in [6, 6.07) is 3.58. The molecule has 1 aromatic carbocycles. The van der Waals surface area contributed by atoms with Gasteiger partial charge in [-0.25, -0.2) is 8.42 Å². The molecule has 1 aromatic heterocycles. The van der Waals surface area contributed by atoms with E-state index in [4.69, 9.17) is 5.26 Å². The summed E-state index contributed by atoms with van der Waals surface area (Å²) in [7, 11) is -4.49. The van der Waals surface area contributed by atoms with E-state index in [1.54, 1.807) is 0 Å². The Morgan fingerprint density at radius 1 is 1.32 bits per heavy atom. The van der Waals surface area contributed by atoms with Crippen LogP contribution in [0.15, 0.2) is 46.5 Å². The normalized spacial score (nSPS) is 21.2. The molecule has 1 saturated carbocycles. The molecule has 9 nitrogen and oxygen atoms in total. The number of amides is 1. The van der Waals surface area contributed by atoms with Crippen molar-refractivity contribution in [1.29, 1.82) is 5.26 Å². The van der Waals surface area contributed by atoms with Gasteiger partial charge in [0.15, 0.2) is 9.84 Å². The Labute approximate surface area is 198 Å². The molecule has 0 unspecified atom stereocenters. The Bertz CT molecular complexity index is 1320. The van der Waals surface area contributed by atoms with Crippen LogP contribution in [-0.2, 0) is 20.8 Å². The zero-order valence-electron chi connectivity index (χ0n) is 17.4.